The Bertz CT molecular complexity index is 868. The molecule has 0 bridgehead atoms. The number of amides is 2. The summed E-state index contributed by atoms with van der Waals surface area (Å²) in [5, 5.41) is 3.87. The summed E-state index contributed by atoms with van der Waals surface area (Å²) in [5.74, 6) is -1.46. The first kappa shape index (κ1) is 20.6. The molecule has 0 aliphatic rings. The lowest BCUT2D eigenvalue weighted by Gasteiger charge is -2.18. The maximum absolute atomic E-state index is 13.1. The summed E-state index contributed by atoms with van der Waals surface area (Å²) in [6.07, 6.45) is 2.98. The Balaban J connectivity index is 2.20. The molecule has 7 nitrogen and oxygen atoms in total. The van der Waals surface area contributed by atoms with Crippen molar-refractivity contribution in [2.24, 2.45) is 5.92 Å². The van der Waals surface area contributed by atoms with Gasteiger partial charge in [-0.1, -0.05) is 38.1 Å². The quantitative estimate of drug-likeness (QED) is 0.698. The highest BCUT2D eigenvalue weighted by molar-refractivity contribution is 7.91. The molecule has 2 rings (SSSR count). The van der Waals surface area contributed by atoms with Crippen LogP contribution in [0.4, 0.5) is 0 Å². The molecule has 0 saturated carbocycles. The Labute approximate surface area is 159 Å². The average Bonchev–Trinajstić information content (AvgIpc) is 2.67. The Kier molecular flexibility index (Phi) is 7.06. The standard InChI is InChI=1S/C19H23N3O4S/c1-14(2)11-21-18(23)19(24)22-13-17(15-7-6-10-20-12-15)27(25,26)16-8-4-3-5-9-16/h3-10,12,14,17H,11,13H2,1-2H3,(H,21,23)(H,22,24)/t17-/m0/s1. The fourth-order valence-electron chi connectivity index (χ4n) is 2.39. The second kappa shape index (κ2) is 9.27. The summed E-state index contributed by atoms with van der Waals surface area (Å²) in [6, 6.07) is 11.2. The highest BCUT2D eigenvalue weighted by Crippen LogP contribution is 2.27. The van der Waals surface area contributed by atoms with Crippen molar-refractivity contribution in [1.29, 1.82) is 0 Å². The van der Waals surface area contributed by atoms with Crippen LogP contribution in [0.15, 0.2) is 59.8 Å². The van der Waals surface area contributed by atoms with Crippen LogP contribution >= 0.6 is 0 Å². The molecule has 2 N–H and O–H groups in total. The lowest BCUT2D eigenvalue weighted by atomic mass is 10.2. The van der Waals surface area contributed by atoms with Crippen molar-refractivity contribution in [3.8, 4) is 0 Å². The Morgan fingerprint density at radius 2 is 1.59 bits per heavy atom. The van der Waals surface area contributed by atoms with E-state index in [0.29, 0.717) is 12.1 Å². The molecule has 0 saturated heterocycles. The van der Waals surface area contributed by atoms with Crippen LogP contribution in [0.3, 0.4) is 0 Å². The summed E-state index contributed by atoms with van der Waals surface area (Å²) in [4.78, 5) is 28.0. The van der Waals surface area contributed by atoms with E-state index >= 15 is 0 Å². The van der Waals surface area contributed by atoms with E-state index in [-0.39, 0.29) is 17.4 Å². The van der Waals surface area contributed by atoms with Crippen LogP contribution in [-0.4, -0.2) is 38.3 Å². The van der Waals surface area contributed by atoms with Gasteiger partial charge in [-0.2, -0.15) is 0 Å². The van der Waals surface area contributed by atoms with Gasteiger partial charge in [0.05, 0.1) is 4.90 Å². The summed E-state index contributed by atoms with van der Waals surface area (Å²) >= 11 is 0. The van der Waals surface area contributed by atoms with Gasteiger partial charge in [-0.15, -0.1) is 0 Å². The molecule has 1 aromatic heterocycles. The minimum Gasteiger partial charge on any atom is -0.348 e. The van der Waals surface area contributed by atoms with Gasteiger partial charge in [-0.3, -0.25) is 14.6 Å². The molecule has 27 heavy (non-hydrogen) atoms. The molecule has 1 atom stereocenters. The zero-order chi connectivity index (χ0) is 19.9. The van der Waals surface area contributed by atoms with Crippen LogP contribution in [0.1, 0.15) is 24.7 Å². The number of carbonyl (C=O) groups excluding carboxylic acids is 2. The predicted octanol–water partition coefficient (Wildman–Crippen LogP) is 1.48. The summed E-state index contributed by atoms with van der Waals surface area (Å²) in [6.45, 7) is 3.93. The summed E-state index contributed by atoms with van der Waals surface area (Å²) in [5.41, 5.74) is 0.434. The van der Waals surface area contributed by atoms with Crippen LogP contribution in [0, 0.1) is 5.92 Å². The molecular formula is C19H23N3O4S. The number of benzene rings is 1. The van der Waals surface area contributed by atoms with E-state index in [1.165, 1.54) is 24.5 Å². The van der Waals surface area contributed by atoms with Crippen LogP contribution in [0.25, 0.3) is 0 Å². The van der Waals surface area contributed by atoms with Gasteiger partial charge in [0.25, 0.3) is 0 Å². The van der Waals surface area contributed by atoms with Crippen molar-refractivity contribution in [3.63, 3.8) is 0 Å². The zero-order valence-electron chi connectivity index (χ0n) is 15.3. The summed E-state index contributed by atoms with van der Waals surface area (Å²) in [7, 11) is -3.79. The monoisotopic (exact) mass is 389 g/mol. The largest absolute Gasteiger partial charge is 0.348 e. The molecular weight excluding hydrogens is 366 g/mol. The number of carbonyl (C=O) groups is 2. The molecule has 0 fully saturated rings. The minimum absolute atomic E-state index is 0.136. The maximum atomic E-state index is 13.1. The van der Waals surface area contributed by atoms with E-state index in [1.54, 1.807) is 30.3 Å². The molecule has 0 spiro atoms. The number of nitrogens with one attached hydrogen (secondary N) is 2. The van der Waals surface area contributed by atoms with Gasteiger partial charge in [-0.25, -0.2) is 8.42 Å². The lowest BCUT2D eigenvalue weighted by Crippen LogP contribution is -2.43. The first-order chi connectivity index (χ1) is 12.8. The third-order valence-electron chi connectivity index (χ3n) is 3.83. The number of aromatic nitrogens is 1. The van der Waals surface area contributed by atoms with Gasteiger partial charge in [-0.05, 0) is 29.7 Å². The van der Waals surface area contributed by atoms with E-state index < -0.39 is 26.9 Å². The SMILES string of the molecule is CC(C)CNC(=O)C(=O)NC[C@@H](c1cccnc1)S(=O)(=O)c1ccccc1. The highest BCUT2D eigenvalue weighted by atomic mass is 32.2. The maximum Gasteiger partial charge on any atom is 0.309 e. The first-order valence-corrected chi connectivity index (χ1v) is 10.1. The number of rotatable bonds is 7. The van der Waals surface area contributed by atoms with E-state index in [0.717, 1.165) is 0 Å². The Hall–Kier alpha value is -2.74. The van der Waals surface area contributed by atoms with Gasteiger partial charge < -0.3 is 10.6 Å². The van der Waals surface area contributed by atoms with Crippen LogP contribution in [0.2, 0.25) is 0 Å². The number of hydrogen-bond acceptors (Lipinski definition) is 5. The van der Waals surface area contributed by atoms with Crippen molar-refractivity contribution in [3.05, 3.63) is 60.4 Å². The van der Waals surface area contributed by atoms with E-state index in [1.807, 2.05) is 13.8 Å². The van der Waals surface area contributed by atoms with E-state index in [9.17, 15) is 18.0 Å². The second-order valence-corrected chi connectivity index (χ2v) is 8.58. The molecule has 8 heteroatoms. The number of nitrogens with zero attached hydrogens (tertiary/aromatic N) is 1. The zero-order valence-corrected chi connectivity index (χ0v) is 16.1. The third-order valence-corrected chi connectivity index (χ3v) is 5.94. The van der Waals surface area contributed by atoms with Gasteiger partial charge in [0.15, 0.2) is 9.84 Å². The van der Waals surface area contributed by atoms with Crippen molar-refractivity contribution < 1.29 is 18.0 Å². The topological polar surface area (TPSA) is 105 Å². The first-order valence-electron chi connectivity index (χ1n) is 8.57. The third kappa shape index (κ3) is 5.62. The molecule has 0 radical (unpaired) electrons. The van der Waals surface area contributed by atoms with Crippen molar-refractivity contribution in [2.75, 3.05) is 13.1 Å². The number of sulfone groups is 1. The van der Waals surface area contributed by atoms with E-state index in [2.05, 4.69) is 15.6 Å². The highest BCUT2D eigenvalue weighted by Gasteiger charge is 2.30. The lowest BCUT2D eigenvalue weighted by molar-refractivity contribution is -0.139. The van der Waals surface area contributed by atoms with Crippen LogP contribution in [-0.2, 0) is 19.4 Å². The van der Waals surface area contributed by atoms with Crippen molar-refractivity contribution in [1.82, 2.24) is 15.6 Å². The smallest absolute Gasteiger partial charge is 0.309 e. The normalized spacial score (nSPS) is 12.4. The van der Waals surface area contributed by atoms with Gasteiger partial charge in [0.2, 0.25) is 0 Å². The fraction of sp³-hybridized carbons (Fsp3) is 0.316. The van der Waals surface area contributed by atoms with Gasteiger partial charge in [0.1, 0.15) is 5.25 Å². The number of hydrogen-bond donors (Lipinski definition) is 2. The Morgan fingerprint density at radius 1 is 0.963 bits per heavy atom. The van der Waals surface area contributed by atoms with Crippen LogP contribution in [0.5, 0.6) is 0 Å². The summed E-state index contributed by atoms with van der Waals surface area (Å²) < 4.78 is 26.1. The molecule has 2 amide bonds. The minimum atomic E-state index is -3.79. The molecule has 1 heterocycles. The van der Waals surface area contributed by atoms with Crippen LogP contribution < -0.4 is 10.6 Å². The predicted molar refractivity (Wildman–Crippen MR) is 101 cm³/mol. The molecule has 1 aromatic carbocycles. The molecule has 0 aliphatic carbocycles. The van der Waals surface area contributed by atoms with Crippen molar-refractivity contribution in [2.45, 2.75) is 24.0 Å². The molecule has 0 aliphatic heterocycles. The molecule has 144 valence electrons. The van der Waals surface area contributed by atoms with Gasteiger partial charge in [0, 0.05) is 25.5 Å². The van der Waals surface area contributed by atoms with Gasteiger partial charge >= 0.3 is 11.8 Å². The Morgan fingerprint density at radius 3 is 2.15 bits per heavy atom. The molecule has 0 unspecified atom stereocenters. The van der Waals surface area contributed by atoms with Crippen molar-refractivity contribution >= 4 is 21.7 Å². The molecule has 2 aromatic rings. The second-order valence-electron chi connectivity index (χ2n) is 6.45. The van der Waals surface area contributed by atoms with E-state index in [4.69, 9.17) is 0 Å². The average molecular weight is 389 g/mol. The fourth-order valence-corrected chi connectivity index (χ4v) is 4.06. The number of pyridine rings is 1.